The molecule has 0 radical (unpaired) electrons. The molecule has 0 atom stereocenters. The normalized spacial score (nSPS) is 11.5. The molecule has 0 aliphatic heterocycles. The van der Waals surface area contributed by atoms with Crippen molar-refractivity contribution >= 4 is 5.78 Å². The molecule has 0 saturated carbocycles. The molecule has 5 nitrogen and oxygen atoms in total. The highest BCUT2D eigenvalue weighted by molar-refractivity contribution is 5.97. The number of aromatic nitrogens is 3. The quantitative estimate of drug-likeness (QED) is 0.441. The molecule has 0 fully saturated rings. The molecule has 0 aliphatic carbocycles. The zero-order chi connectivity index (χ0) is 22.9. The third kappa shape index (κ3) is 4.17. The molecule has 4 rings (SSSR count). The number of benzene rings is 2. The standard InChI is InChI=1S/C24H18F3N3O2/c1-15-2-3-18(16-8-10-28-11-9-16)12-20(15)21-13-23(24(25,26)27)29-30(21)19-6-4-17(5-7-19)22(32)14-31/h2-13,31H,14H2,1H3. The number of nitrogens with zero attached hydrogens (tertiary/aromatic N) is 3. The van der Waals surface area contributed by atoms with Crippen molar-refractivity contribution < 1.29 is 23.1 Å². The minimum absolute atomic E-state index is 0.261. The molecule has 2 heterocycles. The molecular formula is C24H18F3N3O2. The molecule has 4 aromatic rings. The summed E-state index contributed by atoms with van der Waals surface area (Å²) in [7, 11) is 0. The second kappa shape index (κ2) is 8.39. The number of halogens is 3. The number of carbonyl (C=O) groups excluding carboxylic acids is 1. The summed E-state index contributed by atoms with van der Waals surface area (Å²) in [6.07, 6.45) is -1.32. The van der Waals surface area contributed by atoms with Gasteiger partial charge in [-0.2, -0.15) is 18.3 Å². The lowest BCUT2D eigenvalue weighted by atomic mass is 9.98. The van der Waals surface area contributed by atoms with Gasteiger partial charge in [0.1, 0.15) is 6.61 Å². The molecule has 2 aromatic heterocycles. The third-order valence-electron chi connectivity index (χ3n) is 5.10. The van der Waals surface area contributed by atoms with Crippen molar-refractivity contribution in [2.75, 3.05) is 6.61 Å². The number of hydrogen-bond donors (Lipinski definition) is 1. The Kier molecular flexibility index (Phi) is 5.63. The van der Waals surface area contributed by atoms with Crippen LogP contribution in [0.4, 0.5) is 13.2 Å². The van der Waals surface area contributed by atoms with Crippen molar-refractivity contribution in [1.29, 1.82) is 0 Å². The average molecular weight is 437 g/mol. The molecule has 32 heavy (non-hydrogen) atoms. The van der Waals surface area contributed by atoms with Crippen molar-refractivity contribution in [2.24, 2.45) is 0 Å². The van der Waals surface area contributed by atoms with Crippen molar-refractivity contribution in [2.45, 2.75) is 13.1 Å². The van der Waals surface area contributed by atoms with Gasteiger partial charge in [-0.3, -0.25) is 9.78 Å². The topological polar surface area (TPSA) is 68.0 Å². The Morgan fingerprint density at radius 1 is 0.969 bits per heavy atom. The fourth-order valence-corrected chi connectivity index (χ4v) is 3.41. The number of hydrogen-bond acceptors (Lipinski definition) is 4. The molecule has 0 amide bonds. The second-order valence-corrected chi connectivity index (χ2v) is 7.22. The minimum Gasteiger partial charge on any atom is -0.388 e. The molecule has 0 spiro atoms. The summed E-state index contributed by atoms with van der Waals surface area (Å²) in [6.45, 7) is 1.17. The summed E-state index contributed by atoms with van der Waals surface area (Å²) < 4.78 is 41.8. The molecule has 0 saturated heterocycles. The van der Waals surface area contributed by atoms with Crippen LogP contribution in [-0.4, -0.2) is 32.3 Å². The van der Waals surface area contributed by atoms with E-state index >= 15 is 0 Å². The molecule has 0 aliphatic rings. The SMILES string of the molecule is Cc1ccc(-c2ccncc2)cc1-c1cc(C(F)(F)F)nn1-c1ccc(C(=O)CO)cc1. The van der Waals surface area contributed by atoms with E-state index in [9.17, 15) is 18.0 Å². The highest BCUT2D eigenvalue weighted by Crippen LogP contribution is 2.36. The number of alkyl halides is 3. The number of carbonyl (C=O) groups is 1. The summed E-state index contributed by atoms with van der Waals surface area (Å²) in [6, 6.07) is 16.1. The average Bonchev–Trinajstić information content (AvgIpc) is 3.25. The van der Waals surface area contributed by atoms with Gasteiger partial charge in [-0.15, -0.1) is 0 Å². The first-order valence-corrected chi connectivity index (χ1v) is 9.71. The van der Waals surface area contributed by atoms with E-state index in [0.29, 0.717) is 11.3 Å². The lowest BCUT2D eigenvalue weighted by Gasteiger charge is -2.12. The summed E-state index contributed by atoms with van der Waals surface area (Å²) in [5.74, 6) is -0.478. The first-order valence-electron chi connectivity index (χ1n) is 9.71. The summed E-state index contributed by atoms with van der Waals surface area (Å²) in [5.41, 5.74) is 2.97. The van der Waals surface area contributed by atoms with Crippen LogP contribution in [0.15, 0.2) is 73.1 Å². The number of pyridine rings is 1. The van der Waals surface area contributed by atoms with Crippen LogP contribution in [0.25, 0.3) is 28.1 Å². The van der Waals surface area contributed by atoms with E-state index in [-0.39, 0.29) is 11.3 Å². The predicted molar refractivity (Wildman–Crippen MR) is 113 cm³/mol. The summed E-state index contributed by atoms with van der Waals surface area (Å²) >= 11 is 0. The maximum atomic E-state index is 13.5. The summed E-state index contributed by atoms with van der Waals surface area (Å²) in [5, 5.41) is 12.8. The van der Waals surface area contributed by atoms with Gasteiger partial charge in [0.15, 0.2) is 11.5 Å². The van der Waals surface area contributed by atoms with Gasteiger partial charge in [0.05, 0.1) is 11.4 Å². The highest BCUT2D eigenvalue weighted by Gasteiger charge is 2.35. The van der Waals surface area contributed by atoms with Crippen LogP contribution in [0.3, 0.4) is 0 Å². The zero-order valence-electron chi connectivity index (χ0n) is 17.0. The van der Waals surface area contributed by atoms with Gasteiger partial charge in [-0.1, -0.05) is 12.1 Å². The maximum absolute atomic E-state index is 13.5. The van der Waals surface area contributed by atoms with E-state index < -0.39 is 24.3 Å². The summed E-state index contributed by atoms with van der Waals surface area (Å²) in [4.78, 5) is 15.7. The van der Waals surface area contributed by atoms with E-state index in [0.717, 1.165) is 22.8 Å². The molecule has 0 unspecified atom stereocenters. The molecule has 8 heteroatoms. The van der Waals surface area contributed by atoms with Crippen LogP contribution in [0.1, 0.15) is 21.6 Å². The Bertz CT molecular complexity index is 1260. The van der Waals surface area contributed by atoms with Crippen LogP contribution in [0.5, 0.6) is 0 Å². The fourth-order valence-electron chi connectivity index (χ4n) is 3.41. The van der Waals surface area contributed by atoms with E-state index in [1.807, 2.05) is 37.3 Å². The molecule has 2 aromatic carbocycles. The molecular weight excluding hydrogens is 419 g/mol. The van der Waals surface area contributed by atoms with Crippen LogP contribution in [-0.2, 0) is 6.18 Å². The largest absolute Gasteiger partial charge is 0.435 e. The van der Waals surface area contributed by atoms with Crippen molar-refractivity contribution in [1.82, 2.24) is 14.8 Å². The van der Waals surface area contributed by atoms with Crippen LogP contribution < -0.4 is 0 Å². The highest BCUT2D eigenvalue weighted by atomic mass is 19.4. The zero-order valence-corrected chi connectivity index (χ0v) is 17.0. The molecule has 162 valence electrons. The van der Waals surface area contributed by atoms with Gasteiger partial charge in [-0.25, -0.2) is 4.68 Å². The van der Waals surface area contributed by atoms with Gasteiger partial charge in [-0.05, 0) is 72.1 Å². The maximum Gasteiger partial charge on any atom is 0.435 e. The van der Waals surface area contributed by atoms with Crippen LogP contribution in [0.2, 0.25) is 0 Å². The monoisotopic (exact) mass is 437 g/mol. The van der Waals surface area contributed by atoms with E-state index in [1.54, 1.807) is 12.4 Å². The Hall–Kier alpha value is -3.78. The van der Waals surface area contributed by atoms with Crippen LogP contribution >= 0.6 is 0 Å². The van der Waals surface area contributed by atoms with Crippen molar-refractivity contribution in [3.63, 3.8) is 0 Å². The first kappa shape index (κ1) is 21.5. The van der Waals surface area contributed by atoms with Gasteiger partial charge in [0.2, 0.25) is 0 Å². The Morgan fingerprint density at radius 2 is 1.66 bits per heavy atom. The van der Waals surface area contributed by atoms with E-state index in [1.165, 1.54) is 28.9 Å². The second-order valence-electron chi connectivity index (χ2n) is 7.22. The Labute approximate surface area is 181 Å². The number of aryl methyl sites for hydroxylation is 1. The van der Waals surface area contributed by atoms with E-state index in [4.69, 9.17) is 5.11 Å². The van der Waals surface area contributed by atoms with Gasteiger partial charge < -0.3 is 5.11 Å². The molecule has 0 bridgehead atoms. The van der Waals surface area contributed by atoms with Gasteiger partial charge >= 0.3 is 6.18 Å². The number of ketones is 1. The predicted octanol–water partition coefficient (Wildman–Crippen LogP) is 5.10. The van der Waals surface area contributed by atoms with Crippen molar-refractivity contribution in [3.05, 3.63) is 89.9 Å². The third-order valence-corrected chi connectivity index (χ3v) is 5.10. The van der Waals surface area contributed by atoms with Gasteiger partial charge in [0, 0.05) is 23.5 Å². The van der Waals surface area contributed by atoms with Crippen molar-refractivity contribution in [3.8, 4) is 28.1 Å². The lowest BCUT2D eigenvalue weighted by molar-refractivity contribution is -0.141. The number of rotatable bonds is 5. The van der Waals surface area contributed by atoms with Gasteiger partial charge in [0.25, 0.3) is 0 Å². The fraction of sp³-hybridized carbons (Fsp3) is 0.125. The lowest BCUT2D eigenvalue weighted by Crippen LogP contribution is -2.08. The molecule has 1 N–H and O–H groups in total. The smallest absolute Gasteiger partial charge is 0.388 e. The Morgan fingerprint density at radius 3 is 2.28 bits per heavy atom. The number of aliphatic hydroxyl groups is 1. The number of Topliss-reactive ketones (excluding diaryl/α,β-unsaturated/α-hetero) is 1. The van der Waals surface area contributed by atoms with Crippen LogP contribution in [0, 0.1) is 6.92 Å². The number of aliphatic hydroxyl groups excluding tert-OH is 1. The Balaban J connectivity index is 1.88. The first-order chi connectivity index (χ1) is 15.3. The van der Waals surface area contributed by atoms with E-state index in [2.05, 4.69) is 10.1 Å². The minimum atomic E-state index is -4.62.